The Balaban J connectivity index is 1.32. The van der Waals surface area contributed by atoms with Crippen LogP contribution < -0.4 is 21.3 Å². The van der Waals surface area contributed by atoms with E-state index in [0.29, 0.717) is 13.1 Å². The highest BCUT2D eigenvalue weighted by molar-refractivity contribution is 5.80. The molecule has 4 nitrogen and oxygen atoms in total. The summed E-state index contributed by atoms with van der Waals surface area (Å²) in [6.07, 6.45) is 0. The van der Waals surface area contributed by atoms with Crippen molar-refractivity contribution in [1.29, 1.82) is 0 Å². The lowest BCUT2D eigenvalue weighted by molar-refractivity contribution is 1.07. The first kappa shape index (κ1) is 27.0. The van der Waals surface area contributed by atoms with E-state index in [1.165, 1.54) is 0 Å². The Bertz CT molecular complexity index is 1600. The van der Waals surface area contributed by atoms with Crippen LogP contribution in [0.4, 0.5) is 34.1 Å². The van der Waals surface area contributed by atoms with E-state index in [1.54, 1.807) is 0 Å². The molecule has 0 aliphatic carbocycles. The summed E-state index contributed by atoms with van der Waals surface area (Å²) < 4.78 is 0. The molecule has 4 N–H and O–H groups in total. The van der Waals surface area contributed by atoms with Crippen molar-refractivity contribution >= 4 is 34.1 Å². The van der Waals surface area contributed by atoms with Gasteiger partial charge in [0.1, 0.15) is 0 Å². The number of anilines is 6. The summed E-state index contributed by atoms with van der Waals surface area (Å²) in [7, 11) is 0. The van der Waals surface area contributed by atoms with Gasteiger partial charge in [-0.1, -0.05) is 84.9 Å². The molecule has 6 aromatic carbocycles. The third kappa shape index (κ3) is 5.81. The second kappa shape index (κ2) is 12.6. The van der Waals surface area contributed by atoms with Gasteiger partial charge in [-0.3, -0.25) is 0 Å². The van der Waals surface area contributed by atoms with Crippen LogP contribution in [0.15, 0.2) is 158 Å². The molecule has 6 rings (SSSR count). The molecule has 0 aromatic heterocycles. The molecule has 0 fully saturated rings. The van der Waals surface area contributed by atoms with E-state index >= 15 is 0 Å². The molecular formula is C38H34N4. The average Bonchev–Trinajstić information content (AvgIpc) is 3.07. The first-order chi connectivity index (χ1) is 20.7. The molecular weight excluding hydrogens is 512 g/mol. The Morgan fingerprint density at radius 2 is 0.667 bits per heavy atom. The number of hydrogen-bond acceptors (Lipinski definition) is 4. The van der Waals surface area contributed by atoms with E-state index < -0.39 is 0 Å². The molecule has 0 heterocycles. The molecule has 0 atom stereocenters. The van der Waals surface area contributed by atoms with Gasteiger partial charge in [0.2, 0.25) is 0 Å². The summed E-state index contributed by atoms with van der Waals surface area (Å²) in [6, 6.07) is 55.1. The standard InChI is InChI=1S/C38H34N4/c39-27-29-9-7-15-37(25-29)41(33-11-3-1-4-12-33)35-21-17-31(18-22-35)32-19-23-36(24-20-32)42(34-13-5-2-6-14-34)38-16-8-10-30(26-38)28-40/h1-26H,27-28,39-40H2. The summed E-state index contributed by atoms with van der Waals surface area (Å²) in [5.74, 6) is 0. The third-order valence-electron chi connectivity index (χ3n) is 7.42. The zero-order chi connectivity index (χ0) is 28.7. The number of nitrogens with zero attached hydrogens (tertiary/aromatic N) is 2. The fraction of sp³-hybridized carbons (Fsp3) is 0.0526. The Morgan fingerprint density at radius 3 is 1.02 bits per heavy atom. The minimum atomic E-state index is 0.506. The summed E-state index contributed by atoms with van der Waals surface area (Å²) in [6.45, 7) is 1.01. The fourth-order valence-corrected chi connectivity index (χ4v) is 5.30. The smallest absolute Gasteiger partial charge is 0.0464 e. The molecule has 0 radical (unpaired) electrons. The molecule has 206 valence electrons. The minimum absolute atomic E-state index is 0.506. The lowest BCUT2D eigenvalue weighted by Gasteiger charge is -2.26. The quantitative estimate of drug-likeness (QED) is 0.190. The largest absolute Gasteiger partial charge is 0.326 e. The summed E-state index contributed by atoms with van der Waals surface area (Å²) >= 11 is 0. The lowest BCUT2D eigenvalue weighted by atomic mass is 10.0. The van der Waals surface area contributed by atoms with Crippen molar-refractivity contribution in [2.45, 2.75) is 13.1 Å². The van der Waals surface area contributed by atoms with Crippen LogP contribution in [-0.4, -0.2) is 0 Å². The van der Waals surface area contributed by atoms with E-state index in [4.69, 9.17) is 11.5 Å². The number of hydrogen-bond donors (Lipinski definition) is 2. The number of rotatable bonds is 9. The monoisotopic (exact) mass is 546 g/mol. The molecule has 0 saturated carbocycles. The van der Waals surface area contributed by atoms with Crippen molar-refractivity contribution in [2.24, 2.45) is 11.5 Å². The van der Waals surface area contributed by atoms with E-state index in [-0.39, 0.29) is 0 Å². The number of para-hydroxylation sites is 2. The SMILES string of the molecule is NCc1cccc(N(c2ccccc2)c2ccc(-c3ccc(N(c4ccccc4)c4cccc(CN)c4)cc3)cc2)c1. The normalized spacial score (nSPS) is 10.8. The molecule has 0 aliphatic heterocycles. The topological polar surface area (TPSA) is 58.5 Å². The van der Waals surface area contributed by atoms with Gasteiger partial charge in [0, 0.05) is 47.2 Å². The first-order valence-corrected chi connectivity index (χ1v) is 14.2. The van der Waals surface area contributed by atoms with Crippen molar-refractivity contribution in [3.63, 3.8) is 0 Å². The molecule has 4 heteroatoms. The van der Waals surface area contributed by atoms with Crippen molar-refractivity contribution in [3.05, 3.63) is 169 Å². The highest BCUT2D eigenvalue weighted by Crippen LogP contribution is 2.38. The third-order valence-corrected chi connectivity index (χ3v) is 7.42. The van der Waals surface area contributed by atoms with Crippen molar-refractivity contribution in [1.82, 2.24) is 0 Å². The van der Waals surface area contributed by atoms with Gasteiger partial charge in [-0.2, -0.15) is 0 Å². The van der Waals surface area contributed by atoms with Crippen molar-refractivity contribution in [3.8, 4) is 11.1 Å². The van der Waals surface area contributed by atoms with Gasteiger partial charge < -0.3 is 21.3 Å². The fourth-order valence-electron chi connectivity index (χ4n) is 5.30. The summed E-state index contributed by atoms with van der Waals surface area (Å²) in [5, 5.41) is 0. The highest BCUT2D eigenvalue weighted by Gasteiger charge is 2.15. The van der Waals surface area contributed by atoms with Crippen LogP contribution >= 0.6 is 0 Å². The van der Waals surface area contributed by atoms with Crippen LogP contribution in [-0.2, 0) is 13.1 Å². The molecule has 0 saturated heterocycles. The zero-order valence-electron chi connectivity index (χ0n) is 23.5. The van der Waals surface area contributed by atoms with Gasteiger partial charge in [0.15, 0.2) is 0 Å². The second-order valence-electron chi connectivity index (χ2n) is 10.2. The van der Waals surface area contributed by atoms with Gasteiger partial charge >= 0.3 is 0 Å². The molecule has 0 aliphatic rings. The molecule has 0 amide bonds. The second-order valence-corrected chi connectivity index (χ2v) is 10.2. The predicted octanol–water partition coefficient (Wildman–Crippen LogP) is 9.21. The van der Waals surface area contributed by atoms with Gasteiger partial charge in [0.25, 0.3) is 0 Å². The average molecular weight is 547 g/mol. The molecule has 0 unspecified atom stereocenters. The van der Waals surface area contributed by atoms with Crippen LogP contribution in [0.1, 0.15) is 11.1 Å². The van der Waals surface area contributed by atoms with Crippen molar-refractivity contribution in [2.75, 3.05) is 9.80 Å². The van der Waals surface area contributed by atoms with Gasteiger partial charge in [0.05, 0.1) is 0 Å². The number of nitrogens with two attached hydrogens (primary N) is 2. The van der Waals surface area contributed by atoms with E-state index in [1.807, 2.05) is 12.1 Å². The van der Waals surface area contributed by atoms with Crippen LogP contribution in [0, 0.1) is 0 Å². The van der Waals surface area contributed by atoms with Gasteiger partial charge in [-0.05, 0) is 95.1 Å². The van der Waals surface area contributed by atoms with Gasteiger partial charge in [-0.15, -0.1) is 0 Å². The predicted molar refractivity (Wildman–Crippen MR) is 177 cm³/mol. The Labute approximate surface area is 248 Å². The maximum absolute atomic E-state index is 5.96. The Kier molecular flexibility index (Phi) is 8.09. The summed E-state index contributed by atoms with van der Waals surface area (Å²) in [4.78, 5) is 4.53. The molecule has 0 spiro atoms. The van der Waals surface area contributed by atoms with Crippen LogP contribution in [0.25, 0.3) is 11.1 Å². The highest BCUT2D eigenvalue weighted by atomic mass is 15.1. The van der Waals surface area contributed by atoms with Crippen LogP contribution in [0.5, 0.6) is 0 Å². The molecule has 0 bridgehead atoms. The maximum Gasteiger partial charge on any atom is 0.0464 e. The van der Waals surface area contributed by atoms with Crippen LogP contribution in [0.3, 0.4) is 0 Å². The molecule has 42 heavy (non-hydrogen) atoms. The lowest BCUT2D eigenvalue weighted by Crippen LogP contribution is -2.11. The number of benzene rings is 6. The van der Waals surface area contributed by atoms with E-state index in [2.05, 4.69) is 155 Å². The first-order valence-electron chi connectivity index (χ1n) is 14.2. The zero-order valence-corrected chi connectivity index (χ0v) is 23.5. The van der Waals surface area contributed by atoms with Crippen molar-refractivity contribution < 1.29 is 0 Å². The van der Waals surface area contributed by atoms with E-state index in [9.17, 15) is 0 Å². The van der Waals surface area contributed by atoms with E-state index in [0.717, 1.165) is 56.4 Å². The molecule has 6 aromatic rings. The summed E-state index contributed by atoms with van der Waals surface area (Å²) in [5.41, 5.74) is 23.0. The maximum atomic E-state index is 5.96. The Morgan fingerprint density at radius 1 is 0.333 bits per heavy atom. The van der Waals surface area contributed by atoms with Crippen LogP contribution in [0.2, 0.25) is 0 Å². The van der Waals surface area contributed by atoms with Gasteiger partial charge in [-0.25, -0.2) is 0 Å². The minimum Gasteiger partial charge on any atom is -0.326 e. The Hall–Kier alpha value is -5.16.